The van der Waals surface area contributed by atoms with Gasteiger partial charge in [-0.25, -0.2) is 0 Å². The Kier molecular flexibility index (Phi) is 12.0. The maximum absolute atomic E-state index is 12.0. The molecular formula is C34H40O8S. The second kappa shape index (κ2) is 15.9. The average molecular weight is 609 g/mol. The third kappa shape index (κ3) is 9.31. The van der Waals surface area contributed by atoms with Gasteiger partial charge in [0, 0.05) is 20.3 Å². The van der Waals surface area contributed by atoms with Crippen molar-refractivity contribution in [1.29, 1.82) is 0 Å². The highest BCUT2D eigenvalue weighted by atomic mass is 32.2. The predicted molar refractivity (Wildman–Crippen MR) is 165 cm³/mol. The van der Waals surface area contributed by atoms with Crippen LogP contribution in [-0.2, 0) is 41.6 Å². The van der Waals surface area contributed by atoms with Crippen LogP contribution in [0, 0.1) is 6.92 Å². The molecule has 1 aliphatic rings. The Bertz CT molecular complexity index is 1330. The van der Waals surface area contributed by atoms with E-state index in [1.807, 2.05) is 86.0 Å². The van der Waals surface area contributed by atoms with Gasteiger partial charge in [0.1, 0.15) is 23.4 Å². The highest BCUT2D eigenvalue weighted by Gasteiger charge is 2.49. The van der Waals surface area contributed by atoms with Gasteiger partial charge in [-0.2, -0.15) is 0 Å². The van der Waals surface area contributed by atoms with E-state index in [-0.39, 0.29) is 0 Å². The molecule has 43 heavy (non-hydrogen) atoms. The minimum atomic E-state index is -1.25. The lowest BCUT2D eigenvalue weighted by Crippen LogP contribution is -2.55. The first-order valence-corrected chi connectivity index (χ1v) is 15.7. The first-order chi connectivity index (χ1) is 20.7. The van der Waals surface area contributed by atoms with E-state index in [2.05, 4.69) is 0 Å². The Morgan fingerprint density at radius 3 is 2.26 bits per heavy atom. The molecule has 1 aliphatic heterocycles. The van der Waals surface area contributed by atoms with E-state index in [4.69, 9.17) is 23.7 Å². The lowest BCUT2D eigenvalue weighted by Gasteiger charge is -2.43. The number of rotatable bonds is 13. The summed E-state index contributed by atoms with van der Waals surface area (Å²) in [7, 11) is 0. The number of aliphatic hydroxyl groups is 1. The molecule has 0 amide bonds. The van der Waals surface area contributed by atoms with Gasteiger partial charge in [-0.3, -0.25) is 9.59 Å². The van der Waals surface area contributed by atoms with Gasteiger partial charge in [-0.1, -0.05) is 60.7 Å². The summed E-state index contributed by atoms with van der Waals surface area (Å²) in [6.45, 7) is 6.38. The summed E-state index contributed by atoms with van der Waals surface area (Å²) in [6.07, 6.45) is -0.729. The van der Waals surface area contributed by atoms with Crippen molar-refractivity contribution >= 4 is 23.7 Å². The molecule has 0 bridgehead atoms. The van der Waals surface area contributed by atoms with Crippen LogP contribution in [0.15, 0.2) is 72.8 Å². The molecule has 9 heteroatoms. The lowest BCUT2D eigenvalue weighted by atomic mass is 9.90. The summed E-state index contributed by atoms with van der Waals surface area (Å²) >= 11 is 1.32. The van der Waals surface area contributed by atoms with Crippen LogP contribution >= 0.6 is 11.8 Å². The Labute approximate surface area is 257 Å². The van der Waals surface area contributed by atoms with E-state index in [1.165, 1.54) is 25.6 Å². The summed E-state index contributed by atoms with van der Waals surface area (Å²) in [6, 6.07) is 24.1. The van der Waals surface area contributed by atoms with E-state index < -0.39 is 41.8 Å². The van der Waals surface area contributed by atoms with Crippen molar-refractivity contribution in [1.82, 2.24) is 0 Å². The first kappa shape index (κ1) is 32.5. The molecule has 0 spiro atoms. The van der Waals surface area contributed by atoms with Gasteiger partial charge in [0.15, 0.2) is 12.2 Å². The monoisotopic (exact) mass is 608 g/mol. The average Bonchev–Trinajstić information content (AvgIpc) is 2.99. The molecule has 0 saturated carbocycles. The Morgan fingerprint density at radius 1 is 0.884 bits per heavy atom. The van der Waals surface area contributed by atoms with Crippen molar-refractivity contribution < 1.29 is 38.4 Å². The van der Waals surface area contributed by atoms with Gasteiger partial charge in [-0.05, 0) is 59.6 Å². The lowest BCUT2D eigenvalue weighted by molar-refractivity contribution is -0.224. The quantitative estimate of drug-likeness (QED) is 0.198. The molecule has 230 valence electrons. The molecule has 0 radical (unpaired) electrons. The highest BCUT2D eigenvalue weighted by Crippen LogP contribution is 2.39. The second-order valence-corrected chi connectivity index (χ2v) is 11.5. The smallest absolute Gasteiger partial charge is 0.303 e. The molecular weight excluding hydrogens is 568 g/mol. The fraction of sp³-hybridized carbons (Fsp3) is 0.412. The third-order valence-corrected chi connectivity index (χ3v) is 8.03. The molecule has 3 aromatic rings. The van der Waals surface area contributed by atoms with Crippen LogP contribution < -0.4 is 4.74 Å². The van der Waals surface area contributed by atoms with Gasteiger partial charge in [0.2, 0.25) is 0 Å². The van der Waals surface area contributed by atoms with E-state index in [0.29, 0.717) is 26.2 Å². The third-order valence-electron chi connectivity index (χ3n) is 7.19. The zero-order chi connectivity index (χ0) is 30.8. The van der Waals surface area contributed by atoms with Crippen molar-refractivity contribution in [2.24, 2.45) is 0 Å². The van der Waals surface area contributed by atoms with E-state index in [0.717, 1.165) is 40.0 Å². The molecule has 1 N–H and O–H groups in total. The molecule has 4 rings (SSSR count). The van der Waals surface area contributed by atoms with Crippen LogP contribution in [0.25, 0.3) is 0 Å². The number of esters is 2. The van der Waals surface area contributed by atoms with Gasteiger partial charge >= 0.3 is 11.9 Å². The minimum absolute atomic E-state index is 0.548. The number of carbonyl (C=O) groups is 2. The minimum Gasteiger partial charge on any atom is -0.494 e. The van der Waals surface area contributed by atoms with Crippen molar-refractivity contribution in [3.8, 4) is 5.75 Å². The number of ether oxygens (including phenoxy) is 5. The van der Waals surface area contributed by atoms with Crippen molar-refractivity contribution in [2.45, 2.75) is 70.1 Å². The standard InChI is InChI=1S/C34H40O8S/c1-22-11-14-27(31-32(40-23(2)35)30(37)33(41-24(3)36)34(42-31)43-4)20-28(22)19-25-12-15-29(16-13-25)39-18-8-17-38-21-26-9-6-5-7-10-26/h5-7,9-16,20,30-34,37H,8,17-19,21H2,1-4H3/t30-,31+,32-,33+,34-/m1/s1. The predicted octanol–water partition coefficient (Wildman–Crippen LogP) is 5.56. The molecule has 5 atom stereocenters. The van der Waals surface area contributed by atoms with Gasteiger partial charge < -0.3 is 28.8 Å². The Balaban J connectivity index is 1.37. The summed E-state index contributed by atoms with van der Waals surface area (Å²) in [5, 5.41) is 11.1. The molecule has 8 nitrogen and oxygen atoms in total. The van der Waals surface area contributed by atoms with Crippen molar-refractivity contribution in [3.05, 3.63) is 101 Å². The van der Waals surface area contributed by atoms with Crippen molar-refractivity contribution in [3.63, 3.8) is 0 Å². The summed E-state index contributed by atoms with van der Waals surface area (Å²) < 4.78 is 28.8. The number of benzene rings is 3. The number of aliphatic hydroxyl groups excluding tert-OH is 1. The molecule has 1 fully saturated rings. The Hall–Kier alpha value is -3.37. The maximum Gasteiger partial charge on any atom is 0.303 e. The summed E-state index contributed by atoms with van der Waals surface area (Å²) in [5.41, 5.74) is 4.56. The number of hydrogen-bond donors (Lipinski definition) is 1. The molecule has 3 aromatic carbocycles. The number of carbonyl (C=O) groups excluding carboxylic acids is 2. The Morgan fingerprint density at radius 2 is 1.58 bits per heavy atom. The van der Waals surface area contributed by atoms with Crippen LogP contribution in [0.2, 0.25) is 0 Å². The van der Waals surface area contributed by atoms with Gasteiger partial charge in [-0.15, -0.1) is 11.8 Å². The van der Waals surface area contributed by atoms with E-state index >= 15 is 0 Å². The molecule has 0 unspecified atom stereocenters. The van der Waals surface area contributed by atoms with Crippen molar-refractivity contribution in [2.75, 3.05) is 19.5 Å². The van der Waals surface area contributed by atoms with Crippen LogP contribution in [-0.4, -0.2) is 60.3 Å². The largest absolute Gasteiger partial charge is 0.494 e. The first-order valence-electron chi connectivity index (χ1n) is 14.4. The summed E-state index contributed by atoms with van der Waals surface area (Å²) in [4.78, 5) is 23.6. The van der Waals surface area contributed by atoms with Crippen LogP contribution in [0.4, 0.5) is 0 Å². The van der Waals surface area contributed by atoms with Gasteiger partial charge in [0.05, 0.1) is 19.8 Å². The molecule has 1 heterocycles. The van der Waals surface area contributed by atoms with E-state index in [1.54, 1.807) is 0 Å². The van der Waals surface area contributed by atoms with Crippen LogP contribution in [0.3, 0.4) is 0 Å². The zero-order valence-electron chi connectivity index (χ0n) is 25.1. The maximum atomic E-state index is 12.0. The number of thioether (sulfide) groups is 1. The second-order valence-electron chi connectivity index (χ2n) is 10.5. The summed E-state index contributed by atoms with van der Waals surface area (Å²) in [5.74, 6) is -0.304. The van der Waals surface area contributed by atoms with E-state index in [9.17, 15) is 14.7 Å². The van der Waals surface area contributed by atoms with Gasteiger partial charge in [0.25, 0.3) is 0 Å². The van der Waals surface area contributed by atoms with Crippen LogP contribution in [0.1, 0.15) is 54.2 Å². The molecule has 0 aromatic heterocycles. The molecule has 0 aliphatic carbocycles. The number of aryl methyl sites for hydroxylation is 1. The normalized spacial score (nSPS) is 21.7. The molecule has 1 saturated heterocycles. The fourth-order valence-corrected chi connectivity index (χ4v) is 5.74. The fourth-order valence-electron chi connectivity index (χ4n) is 5.02. The highest BCUT2D eigenvalue weighted by molar-refractivity contribution is 7.99. The topological polar surface area (TPSA) is 101 Å². The SMILES string of the molecule is CS[C@H]1O[C@@H](c2ccc(C)c(Cc3ccc(OCCCOCc4ccccc4)cc3)c2)[C@H](OC(C)=O)[C@@H](O)[C@@H]1OC(C)=O. The van der Waals surface area contributed by atoms with Crippen LogP contribution in [0.5, 0.6) is 5.75 Å². The zero-order valence-corrected chi connectivity index (χ0v) is 25.9. The number of hydrogen-bond acceptors (Lipinski definition) is 9.